The Kier molecular flexibility index (Phi) is 10.4. The molecule has 11 heteroatoms. The van der Waals surface area contributed by atoms with Crippen LogP contribution < -0.4 is 4.74 Å². The number of rotatable bonds is 7. The van der Waals surface area contributed by atoms with Gasteiger partial charge in [-0.2, -0.15) is 22.0 Å². The summed E-state index contributed by atoms with van der Waals surface area (Å²) in [5.74, 6) is 1.54. The number of unbranched alkanes of at least 4 members (excludes halogenated alkanes) is 2. The predicted molar refractivity (Wildman–Crippen MR) is 150 cm³/mol. The highest BCUT2D eigenvalue weighted by Gasteiger charge is 2.39. The van der Waals surface area contributed by atoms with Gasteiger partial charge < -0.3 is 4.74 Å². The maximum absolute atomic E-state index is 14.8. The van der Waals surface area contributed by atoms with Crippen LogP contribution in [0.15, 0.2) is 66.7 Å². The highest BCUT2D eigenvalue weighted by atomic mass is 19.4. The fourth-order valence-electron chi connectivity index (χ4n) is 4.28. The Hall–Kier alpha value is -4.90. The van der Waals surface area contributed by atoms with Crippen molar-refractivity contribution in [2.24, 2.45) is 0 Å². The van der Waals surface area contributed by atoms with Gasteiger partial charge in [-0.1, -0.05) is 49.5 Å². The van der Waals surface area contributed by atoms with Crippen LogP contribution in [0, 0.1) is 52.8 Å². The fraction of sp³-hybridized carbons (Fsp3) is 0.200. The first-order valence-corrected chi connectivity index (χ1v) is 13.7. The van der Waals surface area contributed by atoms with Gasteiger partial charge in [0.1, 0.15) is 46.0 Å². The van der Waals surface area contributed by atoms with E-state index in [-0.39, 0.29) is 11.1 Å². The molecule has 4 aromatic rings. The molecule has 0 radical (unpaired) electrons. The fourth-order valence-corrected chi connectivity index (χ4v) is 4.28. The average Bonchev–Trinajstić information content (AvgIpc) is 2.95. The molecule has 0 fully saturated rings. The van der Waals surface area contributed by atoms with Crippen molar-refractivity contribution in [3.05, 3.63) is 135 Å². The molecule has 0 aromatic heterocycles. The molecule has 0 bridgehead atoms. The molecule has 238 valence electrons. The lowest BCUT2D eigenvalue weighted by atomic mass is 10.0. The Labute approximate surface area is 257 Å². The molecule has 0 unspecified atom stereocenters. The van der Waals surface area contributed by atoms with Gasteiger partial charge in [-0.25, -0.2) is 22.0 Å². The second kappa shape index (κ2) is 14.0. The van der Waals surface area contributed by atoms with Crippen LogP contribution in [0.1, 0.15) is 65.1 Å². The van der Waals surface area contributed by atoms with Gasteiger partial charge in [0.15, 0.2) is 0 Å². The van der Waals surface area contributed by atoms with Crippen LogP contribution >= 0.6 is 0 Å². The molecule has 4 rings (SSSR count). The Morgan fingerprint density at radius 2 is 1.17 bits per heavy atom. The van der Waals surface area contributed by atoms with Gasteiger partial charge in [0.25, 0.3) is 0 Å². The van der Waals surface area contributed by atoms with Crippen LogP contribution in [-0.4, -0.2) is 0 Å². The first-order chi connectivity index (χ1) is 21.7. The number of alkyl halides is 5. The van der Waals surface area contributed by atoms with Crippen molar-refractivity contribution in [1.82, 2.24) is 0 Å². The molecule has 0 spiro atoms. The first kappa shape index (κ1) is 34.0. The molecule has 0 saturated carbocycles. The molecule has 46 heavy (non-hydrogen) atoms. The zero-order valence-electron chi connectivity index (χ0n) is 23.9. The molecule has 0 amide bonds. The van der Waals surface area contributed by atoms with Crippen molar-refractivity contribution in [3.63, 3.8) is 0 Å². The van der Waals surface area contributed by atoms with Crippen LogP contribution in [0.2, 0.25) is 0 Å². The minimum absolute atomic E-state index is 0.0229. The topological polar surface area (TPSA) is 9.23 Å². The summed E-state index contributed by atoms with van der Waals surface area (Å²) in [6, 6.07) is 9.93. The maximum Gasteiger partial charge on any atom is 0.429 e. The number of benzene rings is 4. The summed E-state index contributed by atoms with van der Waals surface area (Å²) in [5, 5.41) is 0. The van der Waals surface area contributed by atoms with Gasteiger partial charge in [-0.15, -0.1) is 0 Å². The summed E-state index contributed by atoms with van der Waals surface area (Å²) in [4.78, 5) is 0. The molecule has 0 saturated heterocycles. The number of ether oxygens (including phenoxy) is 1. The number of halogens is 10. The summed E-state index contributed by atoms with van der Waals surface area (Å²) in [5.41, 5.74) is -3.48. The van der Waals surface area contributed by atoms with Crippen LogP contribution in [0.5, 0.6) is 5.75 Å². The molecule has 0 heterocycles. The van der Waals surface area contributed by atoms with E-state index in [1.54, 1.807) is 6.07 Å². The molecule has 1 nitrogen and oxygen atoms in total. The van der Waals surface area contributed by atoms with Gasteiger partial charge in [-0.05, 0) is 73.0 Å². The summed E-state index contributed by atoms with van der Waals surface area (Å²) >= 11 is 0. The minimum atomic E-state index is -5.29. The van der Waals surface area contributed by atoms with Crippen LogP contribution in [0.3, 0.4) is 0 Å². The van der Waals surface area contributed by atoms with E-state index in [1.165, 1.54) is 12.1 Å². The highest BCUT2D eigenvalue weighted by Crippen LogP contribution is 2.35. The monoisotopic (exact) mass is 648 g/mol. The lowest BCUT2D eigenvalue weighted by Gasteiger charge is -2.19. The van der Waals surface area contributed by atoms with E-state index in [9.17, 15) is 43.9 Å². The van der Waals surface area contributed by atoms with Crippen molar-refractivity contribution >= 4 is 0 Å². The standard InChI is InChI=1S/C35H22F10O/c1-2-3-4-5-21-6-10-24(28(36)16-21)11-7-22-9-15-27(30(38)17-22)35(44,45)46-26-14-13-25(29(37)20-26)12-8-23-18-31(39)33(32(40)19-23)34(41,42)43/h6,9-10,13-20H,2-5H2,1H3. The summed E-state index contributed by atoms with van der Waals surface area (Å²) in [6.45, 7) is 2.05. The van der Waals surface area contributed by atoms with Crippen molar-refractivity contribution < 1.29 is 48.6 Å². The third-order valence-corrected chi connectivity index (χ3v) is 6.58. The third kappa shape index (κ3) is 8.42. The zero-order valence-corrected chi connectivity index (χ0v) is 23.9. The molecule has 4 aromatic carbocycles. The van der Waals surface area contributed by atoms with E-state index in [0.717, 1.165) is 43.0 Å². The molecule has 0 N–H and O–H groups in total. The van der Waals surface area contributed by atoms with Gasteiger partial charge in [0.05, 0.1) is 11.1 Å². The second-order valence-electron chi connectivity index (χ2n) is 10.0. The van der Waals surface area contributed by atoms with E-state index in [2.05, 4.69) is 35.3 Å². The van der Waals surface area contributed by atoms with Crippen LogP contribution in [0.25, 0.3) is 0 Å². The number of hydrogen-bond acceptors (Lipinski definition) is 1. The highest BCUT2D eigenvalue weighted by molar-refractivity contribution is 5.48. The second-order valence-corrected chi connectivity index (χ2v) is 10.0. The zero-order chi connectivity index (χ0) is 33.6. The first-order valence-electron chi connectivity index (χ1n) is 13.7. The Balaban J connectivity index is 1.47. The lowest BCUT2D eigenvalue weighted by molar-refractivity contribution is -0.187. The quantitative estimate of drug-likeness (QED) is 0.110. The average molecular weight is 649 g/mol. The Morgan fingerprint density at radius 3 is 1.74 bits per heavy atom. The SMILES string of the molecule is CCCCCc1ccc(C#Cc2ccc(C(F)(F)Oc3ccc(C#Cc4cc(F)c(C(F)(F)F)c(F)c4)c(F)c3)c(F)c2)c(F)c1. The van der Waals surface area contributed by atoms with E-state index >= 15 is 0 Å². The van der Waals surface area contributed by atoms with E-state index in [0.29, 0.717) is 36.8 Å². The normalized spacial score (nSPS) is 11.4. The summed E-state index contributed by atoms with van der Waals surface area (Å²) < 4.78 is 144. The number of hydrogen-bond donors (Lipinski definition) is 0. The van der Waals surface area contributed by atoms with E-state index < -0.39 is 69.4 Å². The van der Waals surface area contributed by atoms with Gasteiger partial charge in [-0.3, -0.25) is 0 Å². The summed E-state index contributed by atoms with van der Waals surface area (Å²) in [6.07, 6.45) is -5.91. The van der Waals surface area contributed by atoms with Gasteiger partial charge in [0, 0.05) is 17.2 Å². The van der Waals surface area contributed by atoms with Crippen LogP contribution in [0.4, 0.5) is 43.9 Å². The van der Waals surface area contributed by atoms with E-state index in [4.69, 9.17) is 0 Å². The lowest BCUT2D eigenvalue weighted by Crippen LogP contribution is -2.23. The molecule has 0 aliphatic rings. The Morgan fingerprint density at radius 1 is 0.587 bits per heavy atom. The van der Waals surface area contributed by atoms with Gasteiger partial charge in [0.2, 0.25) is 0 Å². The Bertz CT molecular complexity index is 1850. The van der Waals surface area contributed by atoms with E-state index in [1.807, 2.05) is 0 Å². The molecule has 0 aliphatic carbocycles. The van der Waals surface area contributed by atoms with Crippen molar-refractivity contribution in [1.29, 1.82) is 0 Å². The minimum Gasteiger partial charge on any atom is -0.429 e. The van der Waals surface area contributed by atoms with Gasteiger partial charge >= 0.3 is 12.3 Å². The molecule has 0 aliphatic heterocycles. The smallest absolute Gasteiger partial charge is 0.429 e. The predicted octanol–water partition coefficient (Wildman–Crippen LogP) is 10.1. The largest absolute Gasteiger partial charge is 0.429 e. The third-order valence-electron chi connectivity index (χ3n) is 6.58. The van der Waals surface area contributed by atoms with Crippen molar-refractivity contribution in [2.45, 2.75) is 44.9 Å². The number of aryl methyl sites for hydroxylation is 1. The maximum atomic E-state index is 14.8. The molecular weight excluding hydrogens is 626 g/mol. The molecule has 0 atom stereocenters. The summed E-state index contributed by atoms with van der Waals surface area (Å²) in [7, 11) is 0. The van der Waals surface area contributed by atoms with Crippen molar-refractivity contribution in [2.75, 3.05) is 0 Å². The van der Waals surface area contributed by atoms with Crippen molar-refractivity contribution in [3.8, 4) is 29.4 Å². The molecular formula is C35H22F10O. The van der Waals surface area contributed by atoms with Crippen LogP contribution in [-0.2, 0) is 18.7 Å².